The van der Waals surface area contributed by atoms with Gasteiger partial charge < -0.3 is 5.32 Å². The summed E-state index contributed by atoms with van der Waals surface area (Å²) in [5.41, 5.74) is 0. The Balaban J connectivity index is 2.40. The monoisotopic (exact) mass is 169 g/mol. The summed E-state index contributed by atoms with van der Waals surface area (Å²) in [7, 11) is 2.11. The van der Waals surface area contributed by atoms with E-state index in [1.165, 1.54) is 32.1 Å². The van der Waals surface area contributed by atoms with Crippen molar-refractivity contribution in [2.45, 2.75) is 52.0 Å². The van der Waals surface area contributed by atoms with Gasteiger partial charge in [-0.2, -0.15) is 0 Å². The minimum absolute atomic E-state index is 0.755. The molecule has 0 aliphatic heterocycles. The molecule has 0 amide bonds. The van der Waals surface area contributed by atoms with Crippen molar-refractivity contribution in [2.75, 3.05) is 7.05 Å². The van der Waals surface area contributed by atoms with Gasteiger partial charge in [0.2, 0.25) is 0 Å². The van der Waals surface area contributed by atoms with E-state index in [-0.39, 0.29) is 0 Å². The van der Waals surface area contributed by atoms with Gasteiger partial charge >= 0.3 is 0 Å². The summed E-state index contributed by atoms with van der Waals surface area (Å²) in [6, 6.07) is 0.755. The van der Waals surface area contributed by atoms with E-state index in [0.717, 1.165) is 17.9 Å². The van der Waals surface area contributed by atoms with Crippen molar-refractivity contribution in [3.63, 3.8) is 0 Å². The van der Waals surface area contributed by atoms with Gasteiger partial charge in [-0.1, -0.05) is 33.1 Å². The van der Waals surface area contributed by atoms with Gasteiger partial charge in [-0.3, -0.25) is 0 Å². The highest BCUT2D eigenvalue weighted by atomic mass is 14.9. The molecule has 1 N–H and O–H groups in total. The van der Waals surface area contributed by atoms with E-state index >= 15 is 0 Å². The largest absolute Gasteiger partial charge is 0.316 e. The molecule has 1 rings (SSSR count). The zero-order valence-corrected chi connectivity index (χ0v) is 8.77. The molecule has 1 aliphatic carbocycles. The summed E-state index contributed by atoms with van der Waals surface area (Å²) >= 11 is 0. The van der Waals surface area contributed by atoms with Crippen LogP contribution < -0.4 is 5.32 Å². The first kappa shape index (κ1) is 10.0. The molecule has 0 heterocycles. The SMILES string of the molecule is CNC(C(C)C)C1CCCCC1. The summed E-state index contributed by atoms with van der Waals surface area (Å²) in [6.45, 7) is 4.66. The fourth-order valence-corrected chi connectivity index (χ4v) is 2.61. The van der Waals surface area contributed by atoms with Crippen LogP contribution in [0.5, 0.6) is 0 Å². The fourth-order valence-electron chi connectivity index (χ4n) is 2.61. The molecule has 12 heavy (non-hydrogen) atoms. The molecule has 0 aromatic carbocycles. The first-order valence-corrected chi connectivity index (χ1v) is 5.43. The molecular formula is C11H23N. The highest BCUT2D eigenvalue weighted by Gasteiger charge is 2.24. The molecule has 1 heteroatoms. The Kier molecular flexibility index (Phi) is 4.07. The Morgan fingerprint density at radius 2 is 1.67 bits per heavy atom. The molecule has 0 spiro atoms. The van der Waals surface area contributed by atoms with Crippen LogP contribution in [-0.4, -0.2) is 13.1 Å². The first-order chi connectivity index (χ1) is 5.75. The topological polar surface area (TPSA) is 12.0 Å². The molecule has 0 aromatic heterocycles. The lowest BCUT2D eigenvalue weighted by molar-refractivity contribution is 0.233. The van der Waals surface area contributed by atoms with E-state index in [2.05, 4.69) is 26.2 Å². The lowest BCUT2D eigenvalue weighted by Gasteiger charge is -2.32. The summed E-state index contributed by atoms with van der Waals surface area (Å²) in [4.78, 5) is 0. The highest BCUT2D eigenvalue weighted by molar-refractivity contribution is 4.80. The second-order valence-corrected chi connectivity index (χ2v) is 4.46. The Morgan fingerprint density at radius 3 is 2.08 bits per heavy atom. The van der Waals surface area contributed by atoms with Crippen LogP contribution in [0.3, 0.4) is 0 Å². The maximum Gasteiger partial charge on any atom is 0.0115 e. The van der Waals surface area contributed by atoms with Gasteiger partial charge in [0, 0.05) is 6.04 Å². The average molecular weight is 169 g/mol. The normalized spacial score (nSPS) is 23.0. The van der Waals surface area contributed by atoms with E-state index in [0.29, 0.717) is 0 Å². The second kappa shape index (κ2) is 4.86. The van der Waals surface area contributed by atoms with Crippen LogP contribution in [0.2, 0.25) is 0 Å². The van der Waals surface area contributed by atoms with Crippen molar-refractivity contribution >= 4 is 0 Å². The number of nitrogens with one attached hydrogen (secondary N) is 1. The summed E-state index contributed by atoms with van der Waals surface area (Å²) in [5, 5.41) is 3.47. The average Bonchev–Trinajstić information content (AvgIpc) is 2.07. The summed E-state index contributed by atoms with van der Waals surface area (Å²) in [5.74, 6) is 1.74. The molecule has 1 atom stereocenters. The molecule has 1 saturated carbocycles. The zero-order valence-electron chi connectivity index (χ0n) is 8.77. The van der Waals surface area contributed by atoms with Gasteiger partial charge in [0.25, 0.3) is 0 Å². The van der Waals surface area contributed by atoms with Crippen LogP contribution in [0.15, 0.2) is 0 Å². The van der Waals surface area contributed by atoms with Gasteiger partial charge in [0.05, 0.1) is 0 Å². The van der Waals surface area contributed by atoms with E-state index < -0.39 is 0 Å². The second-order valence-electron chi connectivity index (χ2n) is 4.46. The molecular weight excluding hydrogens is 146 g/mol. The molecule has 0 saturated heterocycles. The third-order valence-electron chi connectivity index (χ3n) is 3.21. The predicted octanol–water partition coefficient (Wildman–Crippen LogP) is 2.81. The van der Waals surface area contributed by atoms with Gasteiger partial charge in [0.15, 0.2) is 0 Å². The van der Waals surface area contributed by atoms with Crippen molar-refractivity contribution in [3.05, 3.63) is 0 Å². The number of hydrogen-bond donors (Lipinski definition) is 1. The summed E-state index contributed by atoms with van der Waals surface area (Å²) < 4.78 is 0. The van der Waals surface area contributed by atoms with Crippen LogP contribution >= 0.6 is 0 Å². The smallest absolute Gasteiger partial charge is 0.0115 e. The molecule has 1 fully saturated rings. The van der Waals surface area contributed by atoms with Crippen LogP contribution in [0.1, 0.15) is 46.0 Å². The van der Waals surface area contributed by atoms with Crippen molar-refractivity contribution in [2.24, 2.45) is 11.8 Å². The molecule has 1 unspecified atom stereocenters. The molecule has 72 valence electrons. The molecule has 1 nitrogen and oxygen atoms in total. The Morgan fingerprint density at radius 1 is 1.08 bits per heavy atom. The van der Waals surface area contributed by atoms with Gasteiger partial charge in [-0.05, 0) is 31.7 Å². The Labute approximate surface area is 76.9 Å². The zero-order chi connectivity index (χ0) is 8.97. The molecule has 0 bridgehead atoms. The van der Waals surface area contributed by atoms with Crippen molar-refractivity contribution in [1.29, 1.82) is 0 Å². The van der Waals surface area contributed by atoms with Crippen LogP contribution in [-0.2, 0) is 0 Å². The number of rotatable bonds is 3. The van der Waals surface area contributed by atoms with E-state index in [1.54, 1.807) is 0 Å². The van der Waals surface area contributed by atoms with Crippen LogP contribution in [0.4, 0.5) is 0 Å². The quantitative estimate of drug-likeness (QED) is 0.685. The molecule has 0 aromatic rings. The predicted molar refractivity (Wildman–Crippen MR) is 54.3 cm³/mol. The first-order valence-electron chi connectivity index (χ1n) is 5.43. The maximum atomic E-state index is 3.47. The minimum Gasteiger partial charge on any atom is -0.316 e. The van der Waals surface area contributed by atoms with E-state index in [9.17, 15) is 0 Å². The fraction of sp³-hybridized carbons (Fsp3) is 1.00. The van der Waals surface area contributed by atoms with Crippen LogP contribution in [0, 0.1) is 11.8 Å². The van der Waals surface area contributed by atoms with Crippen molar-refractivity contribution < 1.29 is 0 Å². The Bertz CT molecular complexity index is 114. The van der Waals surface area contributed by atoms with Gasteiger partial charge in [0.1, 0.15) is 0 Å². The highest BCUT2D eigenvalue weighted by Crippen LogP contribution is 2.29. The lowest BCUT2D eigenvalue weighted by atomic mass is 9.80. The molecule has 1 aliphatic rings. The minimum atomic E-state index is 0.755. The van der Waals surface area contributed by atoms with Crippen molar-refractivity contribution in [1.82, 2.24) is 5.32 Å². The molecule has 0 radical (unpaired) electrons. The van der Waals surface area contributed by atoms with Gasteiger partial charge in [-0.15, -0.1) is 0 Å². The van der Waals surface area contributed by atoms with E-state index in [1.807, 2.05) is 0 Å². The lowest BCUT2D eigenvalue weighted by Crippen LogP contribution is -2.38. The summed E-state index contributed by atoms with van der Waals surface area (Å²) in [6.07, 6.45) is 7.27. The van der Waals surface area contributed by atoms with Crippen molar-refractivity contribution in [3.8, 4) is 0 Å². The maximum absolute atomic E-state index is 3.47. The standard InChI is InChI=1S/C11H23N/c1-9(2)11(12-3)10-7-5-4-6-8-10/h9-12H,4-8H2,1-3H3. The Hall–Kier alpha value is -0.0400. The third kappa shape index (κ3) is 2.48. The van der Waals surface area contributed by atoms with Crippen LogP contribution in [0.25, 0.3) is 0 Å². The number of hydrogen-bond acceptors (Lipinski definition) is 1. The van der Waals surface area contributed by atoms with Gasteiger partial charge in [-0.25, -0.2) is 0 Å². The third-order valence-corrected chi connectivity index (χ3v) is 3.21. The van der Waals surface area contributed by atoms with E-state index in [4.69, 9.17) is 0 Å².